The minimum absolute atomic E-state index is 0.00665. The number of nitrogens with zero attached hydrogens (tertiary/aromatic N) is 3. The summed E-state index contributed by atoms with van der Waals surface area (Å²) >= 11 is 0. The Morgan fingerprint density at radius 3 is 2.71 bits per heavy atom. The van der Waals surface area contributed by atoms with Crippen molar-refractivity contribution in [1.82, 2.24) is 9.78 Å². The predicted molar refractivity (Wildman–Crippen MR) is 119 cm³/mol. The molecular formula is C24H24N4O3. The Bertz CT molecular complexity index is 1200. The maximum Gasteiger partial charge on any atom is 0.278 e. The first kappa shape index (κ1) is 20.5. The van der Waals surface area contributed by atoms with E-state index in [4.69, 9.17) is 0 Å². The van der Waals surface area contributed by atoms with E-state index in [1.807, 2.05) is 62.4 Å². The molecule has 31 heavy (non-hydrogen) atoms. The van der Waals surface area contributed by atoms with Gasteiger partial charge in [-0.2, -0.15) is 5.10 Å². The zero-order valence-electron chi connectivity index (χ0n) is 17.5. The van der Waals surface area contributed by atoms with Gasteiger partial charge in [-0.1, -0.05) is 30.3 Å². The fraction of sp³-hybridized carbons (Fsp3) is 0.250. The Hall–Kier alpha value is -3.74. The molecule has 0 saturated carbocycles. The number of aryl methyl sites for hydroxylation is 2. The quantitative estimate of drug-likeness (QED) is 0.692. The number of anilines is 2. The molecule has 7 nitrogen and oxygen atoms in total. The minimum Gasteiger partial charge on any atom is -0.326 e. The molecule has 1 aliphatic rings. The third kappa shape index (κ3) is 4.40. The average molecular weight is 416 g/mol. The number of fused-ring (bicyclic) bond motifs is 1. The number of carbonyl (C=O) groups excluding carboxylic acids is 2. The van der Waals surface area contributed by atoms with Crippen LogP contribution in [0.1, 0.15) is 35.0 Å². The van der Waals surface area contributed by atoms with Crippen LogP contribution in [-0.2, 0) is 17.8 Å². The zero-order valence-corrected chi connectivity index (χ0v) is 17.5. The van der Waals surface area contributed by atoms with E-state index in [-0.39, 0.29) is 42.1 Å². The molecule has 3 aromatic rings. The Kier molecular flexibility index (Phi) is 5.66. The van der Waals surface area contributed by atoms with Crippen LogP contribution in [-0.4, -0.2) is 27.6 Å². The van der Waals surface area contributed by atoms with Crippen molar-refractivity contribution in [3.05, 3.63) is 87.8 Å². The summed E-state index contributed by atoms with van der Waals surface area (Å²) in [5.74, 6) is -0.478. The number of hydrogen-bond acceptors (Lipinski definition) is 4. The van der Waals surface area contributed by atoms with Gasteiger partial charge < -0.3 is 10.2 Å². The van der Waals surface area contributed by atoms with Gasteiger partial charge in [-0.3, -0.25) is 14.4 Å². The summed E-state index contributed by atoms with van der Waals surface area (Å²) in [5.41, 5.74) is 3.56. The van der Waals surface area contributed by atoms with Crippen molar-refractivity contribution in [3.63, 3.8) is 0 Å². The summed E-state index contributed by atoms with van der Waals surface area (Å²) in [7, 11) is 0. The summed E-state index contributed by atoms with van der Waals surface area (Å²) in [6.45, 7) is 4.02. The van der Waals surface area contributed by atoms with E-state index in [9.17, 15) is 14.4 Å². The summed E-state index contributed by atoms with van der Waals surface area (Å²) < 4.78 is 1.18. The first-order valence-corrected chi connectivity index (χ1v) is 10.3. The lowest BCUT2D eigenvalue weighted by molar-refractivity contribution is -0.116. The summed E-state index contributed by atoms with van der Waals surface area (Å²) in [6, 6.07) is 18.1. The summed E-state index contributed by atoms with van der Waals surface area (Å²) in [4.78, 5) is 39.4. The first-order chi connectivity index (χ1) is 14.9. The van der Waals surface area contributed by atoms with Crippen LogP contribution < -0.4 is 15.8 Å². The van der Waals surface area contributed by atoms with E-state index >= 15 is 0 Å². The van der Waals surface area contributed by atoms with Gasteiger partial charge in [-0.25, -0.2) is 4.68 Å². The van der Waals surface area contributed by atoms with Crippen LogP contribution in [0.2, 0.25) is 0 Å². The molecule has 0 spiro atoms. The second-order valence-corrected chi connectivity index (χ2v) is 7.80. The molecule has 0 bridgehead atoms. The highest BCUT2D eigenvalue weighted by Gasteiger charge is 2.32. The minimum atomic E-state index is -0.352. The number of nitrogens with one attached hydrogen (secondary N) is 1. The summed E-state index contributed by atoms with van der Waals surface area (Å²) in [5, 5.41) is 7.06. The fourth-order valence-electron chi connectivity index (χ4n) is 3.88. The van der Waals surface area contributed by atoms with Gasteiger partial charge in [0.15, 0.2) is 0 Å². The van der Waals surface area contributed by atoms with E-state index < -0.39 is 0 Å². The van der Waals surface area contributed by atoms with Crippen LogP contribution in [0.25, 0.3) is 0 Å². The van der Waals surface area contributed by atoms with Crippen molar-refractivity contribution in [2.24, 2.45) is 0 Å². The molecule has 0 unspecified atom stereocenters. The number of benzene rings is 2. The molecule has 0 radical (unpaired) electrons. The van der Waals surface area contributed by atoms with Crippen LogP contribution in [0.5, 0.6) is 0 Å². The number of carbonyl (C=O) groups is 2. The van der Waals surface area contributed by atoms with Crippen LogP contribution in [0.4, 0.5) is 11.4 Å². The van der Waals surface area contributed by atoms with Crippen molar-refractivity contribution < 1.29 is 9.59 Å². The monoisotopic (exact) mass is 416 g/mol. The molecule has 2 amide bonds. The van der Waals surface area contributed by atoms with E-state index in [2.05, 4.69) is 10.4 Å². The first-order valence-electron chi connectivity index (χ1n) is 10.3. The molecule has 1 N–H and O–H groups in total. The van der Waals surface area contributed by atoms with Gasteiger partial charge in [0.2, 0.25) is 5.91 Å². The maximum absolute atomic E-state index is 13.2. The third-order valence-corrected chi connectivity index (χ3v) is 5.36. The van der Waals surface area contributed by atoms with Gasteiger partial charge in [0.05, 0.1) is 6.54 Å². The Balaban J connectivity index is 1.48. The molecule has 158 valence electrons. The van der Waals surface area contributed by atoms with Crippen molar-refractivity contribution in [2.45, 2.75) is 39.3 Å². The molecular weight excluding hydrogens is 392 g/mol. The normalized spacial score (nSPS) is 14.9. The number of hydrogen-bond donors (Lipinski definition) is 1. The standard InChI is InChI=1S/C24H24N4O3/c1-16-6-5-8-19(14-16)25-22(29)12-13-27-23(30)11-10-20(26-27)24(31)28-17(2)15-18-7-3-4-9-21(18)28/h3-11,14,17H,12-13,15H2,1-2H3,(H,25,29)/t17-/m1/s1. The highest BCUT2D eigenvalue weighted by Crippen LogP contribution is 2.32. The number of aromatic nitrogens is 2. The summed E-state index contributed by atoms with van der Waals surface area (Å²) in [6.07, 6.45) is 0.849. The van der Waals surface area contributed by atoms with Crippen molar-refractivity contribution in [3.8, 4) is 0 Å². The van der Waals surface area contributed by atoms with Gasteiger partial charge in [0.25, 0.3) is 11.5 Å². The second-order valence-electron chi connectivity index (χ2n) is 7.80. The van der Waals surface area contributed by atoms with Gasteiger partial charge in [-0.05, 0) is 55.7 Å². The Labute approximate surface area is 180 Å². The molecule has 0 saturated heterocycles. The number of amides is 2. The fourth-order valence-corrected chi connectivity index (χ4v) is 3.88. The van der Waals surface area contributed by atoms with Crippen LogP contribution in [0, 0.1) is 6.92 Å². The Morgan fingerprint density at radius 2 is 1.90 bits per heavy atom. The molecule has 7 heteroatoms. The molecule has 1 atom stereocenters. The lowest BCUT2D eigenvalue weighted by Gasteiger charge is -2.22. The topological polar surface area (TPSA) is 84.3 Å². The highest BCUT2D eigenvalue weighted by molar-refractivity contribution is 6.06. The van der Waals surface area contributed by atoms with Crippen LogP contribution >= 0.6 is 0 Å². The second kappa shape index (κ2) is 8.55. The average Bonchev–Trinajstić information content (AvgIpc) is 3.08. The predicted octanol–water partition coefficient (Wildman–Crippen LogP) is 3.17. The lowest BCUT2D eigenvalue weighted by atomic mass is 10.1. The van der Waals surface area contributed by atoms with Gasteiger partial charge >= 0.3 is 0 Å². The molecule has 1 aliphatic heterocycles. The zero-order chi connectivity index (χ0) is 22.0. The van der Waals surface area contributed by atoms with Crippen LogP contribution in [0.3, 0.4) is 0 Å². The van der Waals surface area contributed by atoms with E-state index in [1.165, 1.54) is 16.8 Å². The van der Waals surface area contributed by atoms with Crippen LogP contribution in [0.15, 0.2) is 65.5 Å². The number of rotatable bonds is 5. The van der Waals surface area contributed by atoms with E-state index in [1.54, 1.807) is 4.90 Å². The SMILES string of the molecule is Cc1cccc(NC(=O)CCn2nc(C(=O)N3c4ccccc4C[C@H]3C)ccc2=O)c1. The van der Waals surface area contributed by atoms with Crippen molar-refractivity contribution in [1.29, 1.82) is 0 Å². The molecule has 2 heterocycles. The van der Waals surface area contributed by atoms with Crippen molar-refractivity contribution >= 4 is 23.2 Å². The molecule has 1 aromatic heterocycles. The van der Waals surface area contributed by atoms with E-state index in [0.717, 1.165) is 23.2 Å². The Morgan fingerprint density at radius 1 is 1.10 bits per heavy atom. The highest BCUT2D eigenvalue weighted by atomic mass is 16.2. The molecule has 0 aliphatic carbocycles. The lowest BCUT2D eigenvalue weighted by Crippen LogP contribution is -2.37. The number of para-hydroxylation sites is 1. The third-order valence-electron chi connectivity index (χ3n) is 5.36. The largest absolute Gasteiger partial charge is 0.326 e. The van der Waals surface area contributed by atoms with Crippen molar-refractivity contribution in [2.75, 3.05) is 10.2 Å². The smallest absolute Gasteiger partial charge is 0.278 e. The van der Waals surface area contributed by atoms with E-state index in [0.29, 0.717) is 5.69 Å². The van der Waals surface area contributed by atoms with Gasteiger partial charge in [0, 0.05) is 29.9 Å². The van der Waals surface area contributed by atoms with Gasteiger partial charge in [-0.15, -0.1) is 0 Å². The molecule has 4 rings (SSSR count). The molecule has 2 aromatic carbocycles. The maximum atomic E-state index is 13.2. The molecule has 0 fully saturated rings. The van der Waals surface area contributed by atoms with Gasteiger partial charge in [0.1, 0.15) is 5.69 Å².